The number of hydrogen-bond donors (Lipinski definition) is 3. The zero-order chi connectivity index (χ0) is 13.9. The summed E-state index contributed by atoms with van der Waals surface area (Å²) in [5.74, 6) is 5.28. The highest BCUT2D eigenvalue weighted by Gasteiger charge is 2.33. The highest BCUT2D eigenvalue weighted by molar-refractivity contribution is 7.89. The van der Waals surface area contributed by atoms with Crippen molar-refractivity contribution in [3.63, 3.8) is 0 Å². The molecule has 1 atom stereocenters. The summed E-state index contributed by atoms with van der Waals surface area (Å²) in [7, 11) is -3.67. The van der Waals surface area contributed by atoms with Gasteiger partial charge in [-0.05, 0) is 12.8 Å². The predicted octanol–water partition coefficient (Wildman–Crippen LogP) is -0.702. The number of anilines is 1. The lowest BCUT2D eigenvalue weighted by Gasteiger charge is -2.33. The number of piperidine rings is 1. The number of nitrogens with two attached hydrogens (primary N) is 1. The Morgan fingerprint density at radius 2 is 2.11 bits per heavy atom. The van der Waals surface area contributed by atoms with E-state index in [1.54, 1.807) is 0 Å². The van der Waals surface area contributed by atoms with Crippen LogP contribution in [0, 0.1) is 0 Å². The van der Waals surface area contributed by atoms with Crippen molar-refractivity contribution in [1.82, 2.24) is 14.3 Å². The highest BCUT2D eigenvalue weighted by atomic mass is 32.2. The van der Waals surface area contributed by atoms with Crippen molar-refractivity contribution < 1.29 is 13.5 Å². The van der Waals surface area contributed by atoms with Crippen LogP contribution in [-0.2, 0) is 10.0 Å². The van der Waals surface area contributed by atoms with Gasteiger partial charge in [0.1, 0.15) is 4.90 Å². The van der Waals surface area contributed by atoms with Crippen LogP contribution < -0.4 is 11.3 Å². The summed E-state index contributed by atoms with van der Waals surface area (Å²) in [6, 6.07) is -0.369. The first-order chi connectivity index (χ1) is 9.09. The minimum Gasteiger partial charge on any atom is -0.395 e. The van der Waals surface area contributed by atoms with Crippen LogP contribution in [0.5, 0.6) is 0 Å². The van der Waals surface area contributed by atoms with Gasteiger partial charge in [0, 0.05) is 12.6 Å². The Hall–Kier alpha value is -1.29. The van der Waals surface area contributed by atoms with E-state index in [9.17, 15) is 13.5 Å². The zero-order valence-corrected chi connectivity index (χ0v) is 11.2. The normalized spacial score (nSPS) is 21.3. The molecule has 1 aliphatic heterocycles. The third-order valence-corrected chi connectivity index (χ3v) is 5.05. The highest BCUT2D eigenvalue weighted by Crippen LogP contribution is 2.24. The monoisotopic (exact) mass is 287 g/mol. The van der Waals surface area contributed by atoms with Crippen molar-refractivity contribution in [2.75, 3.05) is 18.6 Å². The van der Waals surface area contributed by atoms with Gasteiger partial charge in [0.15, 0.2) is 0 Å². The number of aliphatic hydroxyl groups is 1. The molecule has 1 saturated heterocycles. The molecule has 2 rings (SSSR count). The second-order valence-corrected chi connectivity index (χ2v) is 6.23. The van der Waals surface area contributed by atoms with Crippen LogP contribution >= 0.6 is 0 Å². The average molecular weight is 287 g/mol. The maximum absolute atomic E-state index is 12.4. The number of hydrazine groups is 1. The maximum atomic E-state index is 12.4. The third-order valence-electron chi connectivity index (χ3n) is 3.15. The van der Waals surface area contributed by atoms with E-state index >= 15 is 0 Å². The molecule has 4 N–H and O–H groups in total. The van der Waals surface area contributed by atoms with Crippen molar-refractivity contribution in [3.8, 4) is 0 Å². The molecule has 1 aromatic heterocycles. The molecule has 0 radical (unpaired) electrons. The first-order valence-electron chi connectivity index (χ1n) is 6.01. The van der Waals surface area contributed by atoms with Crippen molar-refractivity contribution in [3.05, 3.63) is 12.4 Å². The van der Waals surface area contributed by atoms with Gasteiger partial charge in [-0.1, -0.05) is 6.42 Å². The van der Waals surface area contributed by atoms with Crippen LogP contribution in [0.25, 0.3) is 0 Å². The molecule has 1 unspecified atom stereocenters. The maximum Gasteiger partial charge on any atom is 0.246 e. The standard InChI is InChI=1S/C10H17N5O3S/c11-14-10-12-5-9(6-13-10)19(17,18)15-4-2-1-3-8(15)7-16/h5-6,8,16H,1-4,7,11H2,(H,12,13,14). The molecule has 1 aliphatic rings. The number of sulfonamides is 1. The van der Waals surface area contributed by atoms with E-state index in [1.807, 2.05) is 0 Å². The van der Waals surface area contributed by atoms with Crippen molar-refractivity contribution in [2.45, 2.75) is 30.2 Å². The molecule has 0 aliphatic carbocycles. The fourth-order valence-electron chi connectivity index (χ4n) is 2.13. The molecule has 0 spiro atoms. The third kappa shape index (κ3) is 2.84. The molecular formula is C10H17N5O3S. The van der Waals surface area contributed by atoms with E-state index in [2.05, 4.69) is 15.4 Å². The fourth-order valence-corrected chi connectivity index (χ4v) is 3.71. The predicted molar refractivity (Wildman–Crippen MR) is 68.5 cm³/mol. The summed E-state index contributed by atoms with van der Waals surface area (Å²) in [6.45, 7) is 0.229. The summed E-state index contributed by atoms with van der Waals surface area (Å²) in [5.41, 5.74) is 2.23. The topological polar surface area (TPSA) is 121 Å². The summed E-state index contributed by atoms with van der Waals surface area (Å²) in [5, 5.41) is 9.29. The molecule has 1 fully saturated rings. The smallest absolute Gasteiger partial charge is 0.246 e. The Bertz CT molecular complexity index is 518. The van der Waals surface area contributed by atoms with Crippen molar-refractivity contribution in [1.29, 1.82) is 0 Å². The van der Waals surface area contributed by atoms with E-state index in [4.69, 9.17) is 5.84 Å². The van der Waals surface area contributed by atoms with Crippen LogP contribution in [0.4, 0.5) is 5.95 Å². The summed E-state index contributed by atoms with van der Waals surface area (Å²) < 4.78 is 26.2. The summed E-state index contributed by atoms with van der Waals surface area (Å²) in [4.78, 5) is 7.59. The molecule has 0 saturated carbocycles. The van der Waals surface area contributed by atoms with Gasteiger partial charge < -0.3 is 5.11 Å². The number of aromatic nitrogens is 2. The summed E-state index contributed by atoms with van der Waals surface area (Å²) in [6.07, 6.45) is 4.79. The Kier molecular flexibility index (Phi) is 4.30. The van der Waals surface area contributed by atoms with Gasteiger partial charge >= 0.3 is 0 Å². The van der Waals surface area contributed by atoms with Gasteiger partial charge in [-0.25, -0.2) is 24.2 Å². The lowest BCUT2D eigenvalue weighted by Crippen LogP contribution is -2.45. The molecular weight excluding hydrogens is 270 g/mol. The molecule has 0 bridgehead atoms. The minimum atomic E-state index is -3.67. The van der Waals surface area contributed by atoms with Crippen molar-refractivity contribution >= 4 is 16.0 Å². The van der Waals surface area contributed by atoms with E-state index in [1.165, 1.54) is 16.7 Å². The van der Waals surface area contributed by atoms with E-state index in [-0.39, 0.29) is 23.5 Å². The van der Waals surface area contributed by atoms with Gasteiger partial charge in [0.05, 0.1) is 19.0 Å². The molecule has 1 aromatic rings. The number of hydrogen-bond acceptors (Lipinski definition) is 7. The van der Waals surface area contributed by atoms with Gasteiger partial charge in [-0.15, -0.1) is 0 Å². The van der Waals surface area contributed by atoms with Gasteiger partial charge in [0.2, 0.25) is 16.0 Å². The van der Waals surface area contributed by atoms with E-state index < -0.39 is 10.0 Å². The van der Waals surface area contributed by atoms with Crippen LogP contribution in [0.2, 0.25) is 0 Å². The van der Waals surface area contributed by atoms with Crippen LogP contribution in [0.15, 0.2) is 17.3 Å². The van der Waals surface area contributed by atoms with Crippen molar-refractivity contribution in [2.24, 2.45) is 5.84 Å². The minimum absolute atomic E-state index is 0.00634. The Morgan fingerprint density at radius 3 is 2.68 bits per heavy atom. The Labute approximate surface area is 111 Å². The second-order valence-electron chi connectivity index (χ2n) is 4.33. The molecule has 0 amide bonds. The number of rotatable bonds is 4. The zero-order valence-electron chi connectivity index (χ0n) is 10.4. The van der Waals surface area contributed by atoms with Crippen LogP contribution in [-0.4, -0.2) is 47.0 Å². The molecule has 8 nitrogen and oxygen atoms in total. The molecule has 106 valence electrons. The van der Waals surface area contributed by atoms with Crippen LogP contribution in [0.1, 0.15) is 19.3 Å². The van der Waals surface area contributed by atoms with Gasteiger partial charge in [-0.3, -0.25) is 5.43 Å². The average Bonchev–Trinajstić information content (AvgIpc) is 2.47. The summed E-state index contributed by atoms with van der Waals surface area (Å²) >= 11 is 0. The number of nitrogen functional groups attached to an aromatic ring is 1. The second kappa shape index (κ2) is 5.78. The quantitative estimate of drug-likeness (QED) is 0.494. The molecule has 19 heavy (non-hydrogen) atoms. The van der Waals surface area contributed by atoms with E-state index in [0.29, 0.717) is 13.0 Å². The van der Waals surface area contributed by atoms with Gasteiger partial charge in [0.25, 0.3) is 0 Å². The number of nitrogens with one attached hydrogen (secondary N) is 1. The fraction of sp³-hybridized carbons (Fsp3) is 0.600. The largest absolute Gasteiger partial charge is 0.395 e. The lowest BCUT2D eigenvalue weighted by molar-refractivity contribution is 0.155. The first kappa shape index (κ1) is 14.1. The first-order valence-corrected chi connectivity index (χ1v) is 7.45. The molecule has 2 heterocycles. The Morgan fingerprint density at radius 1 is 1.42 bits per heavy atom. The van der Waals surface area contributed by atoms with E-state index in [0.717, 1.165) is 12.8 Å². The molecule has 0 aromatic carbocycles. The molecule has 9 heteroatoms. The van der Waals surface area contributed by atoms with Crippen LogP contribution in [0.3, 0.4) is 0 Å². The van der Waals surface area contributed by atoms with Gasteiger partial charge in [-0.2, -0.15) is 4.31 Å². The SMILES string of the molecule is NNc1ncc(S(=O)(=O)N2CCCCC2CO)cn1. The lowest BCUT2D eigenvalue weighted by atomic mass is 10.1. The Balaban J connectivity index is 2.29. The number of aliphatic hydroxyl groups excluding tert-OH is 1. The number of nitrogens with zero attached hydrogens (tertiary/aromatic N) is 3.